The van der Waals surface area contributed by atoms with Crippen molar-refractivity contribution in [2.75, 3.05) is 18.0 Å². The number of methoxy groups -OCH3 is 1. The van der Waals surface area contributed by atoms with E-state index in [0.717, 1.165) is 11.1 Å². The fourth-order valence-electron chi connectivity index (χ4n) is 2.34. The number of ether oxygens (including phenoxy) is 1. The summed E-state index contributed by atoms with van der Waals surface area (Å²) in [5, 5.41) is 0.516. The molecule has 0 saturated heterocycles. The zero-order chi connectivity index (χ0) is 17.9. The van der Waals surface area contributed by atoms with Crippen molar-refractivity contribution < 1.29 is 13.2 Å². The summed E-state index contributed by atoms with van der Waals surface area (Å²) in [5.41, 5.74) is 2.13. The van der Waals surface area contributed by atoms with Crippen LogP contribution in [-0.4, -0.2) is 22.1 Å². The minimum Gasteiger partial charge on any atom is -0.496 e. The second-order valence-electron chi connectivity index (χ2n) is 5.39. The molecule has 0 N–H and O–H groups in total. The van der Waals surface area contributed by atoms with Crippen LogP contribution in [0.15, 0.2) is 53.9 Å². The third-order valence-corrected chi connectivity index (χ3v) is 5.89. The highest BCUT2D eigenvalue weighted by Gasteiger charge is 2.25. The number of nitrogens with zero attached hydrogens (tertiary/aromatic N) is 1. The van der Waals surface area contributed by atoms with Crippen LogP contribution in [-0.2, 0) is 10.0 Å². The first kappa shape index (κ1) is 18.4. The largest absolute Gasteiger partial charge is 0.496 e. The molecule has 0 aliphatic rings. The number of anilines is 1. The summed E-state index contributed by atoms with van der Waals surface area (Å²) >= 11 is 6.16. The third kappa shape index (κ3) is 3.57. The van der Waals surface area contributed by atoms with Gasteiger partial charge in [-0.15, -0.1) is 6.58 Å². The number of aryl methyl sites for hydroxylation is 2. The molecule has 4 nitrogen and oxygen atoms in total. The van der Waals surface area contributed by atoms with Gasteiger partial charge in [-0.3, -0.25) is 4.31 Å². The van der Waals surface area contributed by atoms with Gasteiger partial charge in [0.1, 0.15) is 5.75 Å². The van der Waals surface area contributed by atoms with E-state index in [1.807, 2.05) is 6.92 Å². The van der Waals surface area contributed by atoms with E-state index < -0.39 is 10.0 Å². The molecule has 0 saturated carbocycles. The quantitative estimate of drug-likeness (QED) is 0.715. The van der Waals surface area contributed by atoms with Gasteiger partial charge in [0.05, 0.1) is 24.2 Å². The number of benzene rings is 2. The predicted molar refractivity (Wildman–Crippen MR) is 98.6 cm³/mol. The van der Waals surface area contributed by atoms with Crippen LogP contribution in [0.4, 0.5) is 5.69 Å². The van der Waals surface area contributed by atoms with Gasteiger partial charge in [0.2, 0.25) is 0 Å². The molecule has 0 unspecified atom stereocenters. The molecule has 0 spiro atoms. The van der Waals surface area contributed by atoms with E-state index in [0.29, 0.717) is 16.5 Å². The Kier molecular flexibility index (Phi) is 5.57. The summed E-state index contributed by atoms with van der Waals surface area (Å²) in [6, 6.07) is 9.96. The van der Waals surface area contributed by atoms with Crippen LogP contribution in [0.3, 0.4) is 0 Å². The molecule has 0 bridgehead atoms. The number of halogens is 1. The second kappa shape index (κ2) is 7.28. The van der Waals surface area contributed by atoms with Gasteiger partial charge in [-0.2, -0.15) is 0 Å². The molecule has 2 aromatic rings. The van der Waals surface area contributed by atoms with Gasteiger partial charge in [0.25, 0.3) is 10.0 Å². The topological polar surface area (TPSA) is 46.6 Å². The maximum Gasteiger partial charge on any atom is 0.264 e. The first-order chi connectivity index (χ1) is 11.3. The smallest absolute Gasteiger partial charge is 0.264 e. The molecule has 0 fully saturated rings. The summed E-state index contributed by atoms with van der Waals surface area (Å²) in [7, 11) is -2.20. The minimum atomic E-state index is -3.75. The highest BCUT2D eigenvalue weighted by molar-refractivity contribution is 7.92. The van der Waals surface area contributed by atoms with Crippen molar-refractivity contribution in [3.8, 4) is 5.75 Å². The van der Waals surface area contributed by atoms with Crippen molar-refractivity contribution in [1.82, 2.24) is 0 Å². The number of hydrogen-bond acceptors (Lipinski definition) is 3. The molecular formula is C18H20ClNO3S. The number of sulfonamides is 1. The zero-order valence-corrected chi connectivity index (χ0v) is 15.5. The summed E-state index contributed by atoms with van der Waals surface area (Å²) in [5.74, 6) is 0.641. The Morgan fingerprint density at radius 1 is 1.17 bits per heavy atom. The molecule has 0 amide bonds. The van der Waals surface area contributed by atoms with Crippen molar-refractivity contribution in [2.24, 2.45) is 0 Å². The average Bonchev–Trinajstić information content (AvgIpc) is 2.55. The Labute approximate surface area is 148 Å². The Morgan fingerprint density at radius 2 is 1.88 bits per heavy atom. The molecule has 2 rings (SSSR count). The van der Waals surface area contributed by atoms with Crippen LogP contribution in [0.2, 0.25) is 5.02 Å². The van der Waals surface area contributed by atoms with E-state index in [9.17, 15) is 8.42 Å². The van der Waals surface area contributed by atoms with Crippen molar-refractivity contribution in [2.45, 2.75) is 18.7 Å². The van der Waals surface area contributed by atoms with Gasteiger partial charge in [-0.05, 0) is 55.3 Å². The molecule has 0 heterocycles. The third-order valence-electron chi connectivity index (χ3n) is 3.69. The normalized spacial score (nSPS) is 11.2. The van der Waals surface area contributed by atoms with Crippen molar-refractivity contribution in [1.29, 1.82) is 0 Å². The van der Waals surface area contributed by atoms with Crippen LogP contribution in [0.1, 0.15) is 11.1 Å². The average molecular weight is 366 g/mol. The molecule has 0 aliphatic heterocycles. The maximum atomic E-state index is 13.1. The summed E-state index contributed by atoms with van der Waals surface area (Å²) in [6.07, 6.45) is 1.54. The van der Waals surface area contributed by atoms with Crippen LogP contribution in [0, 0.1) is 13.8 Å². The zero-order valence-electron chi connectivity index (χ0n) is 13.9. The van der Waals surface area contributed by atoms with Gasteiger partial charge in [-0.25, -0.2) is 8.42 Å². The number of hydrogen-bond donors (Lipinski definition) is 0. The highest BCUT2D eigenvalue weighted by Crippen LogP contribution is 2.29. The van der Waals surface area contributed by atoms with Crippen LogP contribution < -0.4 is 9.04 Å². The van der Waals surface area contributed by atoms with E-state index >= 15 is 0 Å². The minimum absolute atomic E-state index is 0.146. The standard InChI is InChI=1S/C18H20ClNO3S/c1-5-10-20(15-7-6-13(2)17(19)12-15)24(21,22)16-8-9-18(23-4)14(3)11-16/h5-9,11-12H,1,10H2,2-4H3. The van der Waals surface area contributed by atoms with Crippen molar-refractivity contribution in [3.63, 3.8) is 0 Å². The van der Waals surface area contributed by atoms with Gasteiger partial charge in [0, 0.05) is 5.02 Å². The molecule has 0 aromatic heterocycles. The lowest BCUT2D eigenvalue weighted by Gasteiger charge is -2.24. The van der Waals surface area contributed by atoms with Crippen molar-refractivity contribution >= 4 is 27.3 Å². The van der Waals surface area contributed by atoms with E-state index in [1.54, 1.807) is 50.4 Å². The van der Waals surface area contributed by atoms with E-state index in [-0.39, 0.29) is 11.4 Å². The van der Waals surface area contributed by atoms with Gasteiger partial charge >= 0.3 is 0 Å². The molecule has 6 heteroatoms. The fraction of sp³-hybridized carbons (Fsp3) is 0.222. The Hall–Kier alpha value is -1.98. The number of rotatable bonds is 6. The molecular weight excluding hydrogens is 346 g/mol. The molecule has 2 aromatic carbocycles. The molecule has 0 aliphatic carbocycles. The second-order valence-corrected chi connectivity index (χ2v) is 7.66. The molecule has 0 radical (unpaired) electrons. The van der Waals surface area contributed by atoms with Crippen LogP contribution in [0.25, 0.3) is 0 Å². The molecule has 128 valence electrons. The van der Waals surface area contributed by atoms with E-state index in [4.69, 9.17) is 16.3 Å². The Bertz CT molecular complexity index is 863. The summed E-state index contributed by atoms with van der Waals surface area (Å²) in [4.78, 5) is 0.194. The van der Waals surface area contributed by atoms with Crippen LogP contribution in [0.5, 0.6) is 5.75 Å². The lowest BCUT2D eigenvalue weighted by Crippen LogP contribution is -2.31. The van der Waals surface area contributed by atoms with E-state index in [2.05, 4.69) is 6.58 Å². The van der Waals surface area contributed by atoms with Gasteiger partial charge < -0.3 is 4.74 Å². The summed E-state index contributed by atoms with van der Waals surface area (Å²) in [6.45, 7) is 7.47. The molecule has 24 heavy (non-hydrogen) atoms. The Balaban J connectivity index is 2.54. The maximum absolute atomic E-state index is 13.1. The first-order valence-corrected chi connectivity index (χ1v) is 9.17. The Morgan fingerprint density at radius 3 is 2.42 bits per heavy atom. The SMILES string of the molecule is C=CCN(c1ccc(C)c(Cl)c1)S(=O)(=O)c1ccc(OC)c(C)c1. The molecule has 0 atom stereocenters. The fourth-order valence-corrected chi connectivity index (χ4v) is 4.02. The van der Waals surface area contributed by atoms with Crippen LogP contribution >= 0.6 is 11.6 Å². The van der Waals surface area contributed by atoms with Gasteiger partial charge in [0.15, 0.2) is 0 Å². The summed E-state index contributed by atoms with van der Waals surface area (Å²) < 4.78 is 32.6. The first-order valence-electron chi connectivity index (χ1n) is 7.35. The predicted octanol–water partition coefficient (Wildman–Crippen LogP) is 4.35. The monoisotopic (exact) mass is 365 g/mol. The van der Waals surface area contributed by atoms with Gasteiger partial charge in [-0.1, -0.05) is 23.7 Å². The van der Waals surface area contributed by atoms with Crippen molar-refractivity contribution in [3.05, 3.63) is 65.2 Å². The lowest BCUT2D eigenvalue weighted by atomic mass is 10.2. The lowest BCUT2D eigenvalue weighted by molar-refractivity contribution is 0.411. The van der Waals surface area contributed by atoms with E-state index in [1.165, 1.54) is 10.4 Å². The highest BCUT2D eigenvalue weighted by atomic mass is 35.5.